The molecule has 1 aromatic heterocycles. The quantitative estimate of drug-likeness (QED) is 0.335. The Bertz CT molecular complexity index is 1500. The summed E-state index contributed by atoms with van der Waals surface area (Å²) in [5.41, 5.74) is 3.67. The molecule has 238 valence electrons. The maximum absolute atomic E-state index is 14.3. The van der Waals surface area contributed by atoms with Crippen molar-refractivity contribution in [2.45, 2.75) is 83.1 Å². The van der Waals surface area contributed by atoms with E-state index in [4.69, 9.17) is 30.5 Å². The van der Waals surface area contributed by atoms with Gasteiger partial charge in [0.2, 0.25) is 0 Å². The molecule has 2 aliphatic heterocycles. The predicted octanol–water partition coefficient (Wildman–Crippen LogP) is 4.87. The van der Waals surface area contributed by atoms with Gasteiger partial charge in [-0.05, 0) is 52.3 Å². The molecular weight excluding hydrogens is 607 g/mol. The van der Waals surface area contributed by atoms with Gasteiger partial charge in [-0.15, -0.1) is 0 Å². The molecule has 0 saturated carbocycles. The van der Waals surface area contributed by atoms with Gasteiger partial charge >= 0.3 is 12.3 Å². The molecule has 2 aromatic carbocycles. The van der Waals surface area contributed by atoms with Crippen LogP contribution in [0, 0.1) is 13.8 Å². The molecule has 1 amide bonds. The van der Waals surface area contributed by atoms with Crippen LogP contribution < -0.4 is 10.9 Å². The average Bonchev–Trinajstić information content (AvgIpc) is 3.31. The number of nitrogens with one attached hydrogen (secondary N) is 2. The molecule has 3 heterocycles. The van der Waals surface area contributed by atoms with Crippen molar-refractivity contribution in [2.24, 2.45) is 0 Å². The van der Waals surface area contributed by atoms with E-state index in [-0.39, 0.29) is 34.5 Å². The number of carbonyl (C=O) groups is 1. The second-order valence-electron chi connectivity index (χ2n) is 11.6. The second-order valence-corrected chi connectivity index (χ2v) is 12.0. The van der Waals surface area contributed by atoms with E-state index >= 15 is 0 Å². The number of amides is 1. The lowest BCUT2D eigenvalue weighted by molar-refractivity contribution is -0.313. The van der Waals surface area contributed by atoms with Crippen molar-refractivity contribution >= 4 is 17.7 Å². The lowest BCUT2D eigenvalue weighted by Crippen LogP contribution is -2.66. The molecule has 6 atom stereocenters. The SMILES string of the molecule is Cc1nc([C@@H]2O[C@@H]3COC(c4ccccc4)O[C@@H]3[C@H](NNC(=O)OC(C)(C)C)[C@H]2O)n(-c2cc(Cl)cc(C)c2C(F)(F)F)n1. The first kappa shape index (κ1) is 32.1. The lowest BCUT2D eigenvalue weighted by Gasteiger charge is -2.48. The fourth-order valence-electron chi connectivity index (χ4n) is 5.30. The summed E-state index contributed by atoms with van der Waals surface area (Å²) < 4.78 is 67.4. The number of aromatic nitrogens is 3. The molecule has 2 fully saturated rings. The van der Waals surface area contributed by atoms with Crippen molar-refractivity contribution in [1.29, 1.82) is 0 Å². The highest BCUT2D eigenvalue weighted by Gasteiger charge is 2.52. The van der Waals surface area contributed by atoms with Gasteiger partial charge in [-0.3, -0.25) is 5.43 Å². The maximum atomic E-state index is 14.3. The number of rotatable bonds is 5. The molecule has 0 bridgehead atoms. The third-order valence-corrected chi connectivity index (χ3v) is 7.23. The fourth-order valence-corrected chi connectivity index (χ4v) is 5.56. The number of aliphatic hydroxyl groups is 1. The van der Waals surface area contributed by atoms with Crippen LogP contribution in [0.3, 0.4) is 0 Å². The molecule has 5 rings (SSSR count). The largest absolute Gasteiger partial charge is 0.443 e. The van der Waals surface area contributed by atoms with Crippen LogP contribution in [0.15, 0.2) is 42.5 Å². The number of aliphatic hydroxyl groups excluding tert-OH is 1. The van der Waals surface area contributed by atoms with Crippen LogP contribution in [-0.4, -0.2) is 62.5 Å². The van der Waals surface area contributed by atoms with E-state index in [9.17, 15) is 23.1 Å². The third kappa shape index (κ3) is 6.85. The lowest BCUT2D eigenvalue weighted by atomic mass is 9.91. The summed E-state index contributed by atoms with van der Waals surface area (Å²) in [5.74, 6) is 0.00946. The summed E-state index contributed by atoms with van der Waals surface area (Å²) >= 11 is 6.19. The van der Waals surface area contributed by atoms with Crippen molar-refractivity contribution in [2.75, 3.05) is 6.61 Å². The van der Waals surface area contributed by atoms with Crippen LogP contribution >= 0.6 is 11.6 Å². The number of ether oxygens (including phenoxy) is 4. The van der Waals surface area contributed by atoms with Crippen molar-refractivity contribution in [3.05, 3.63) is 75.8 Å². The van der Waals surface area contributed by atoms with Gasteiger partial charge in [0, 0.05) is 10.6 Å². The smallest absolute Gasteiger partial charge is 0.422 e. The Balaban J connectivity index is 1.52. The minimum Gasteiger partial charge on any atom is -0.443 e. The Kier molecular flexibility index (Phi) is 8.95. The van der Waals surface area contributed by atoms with E-state index in [1.54, 1.807) is 20.8 Å². The minimum atomic E-state index is -4.75. The molecule has 3 aromatic rings. The topological polar surface area (TPSA) is 129 Å². The summed E-state index contributed by atoms with van der Waals surface area (Å²) in [4.78, 5) is 16.9. The van der Waals surface area contributed by atoms with E-state index in [0.29, 0.717) is 5.56 Å². The Morgan fingerprint density at radius 3 is 2.50 bits per heavy atom. The molecule has 0 radical (unpaired) electrons. The average molecular weight is 640 g/mol. The van der Waals surface area contributed by atoms with E-state index in [1.807, 2.05) is 30.3 Å². The van der Waals surface area contributed by atoms with Gasteiger partial charge in [0.1, 0.15) is 35.8 Å². The zero-order valence-corrected chi connectivity index (χ0v) is 25.3. The van der Waals surface area contributed by atoms with Gasteiger partial charge in [0.25, 0.3) is 0 Å². The van der Waals surface area contributed by atoms with Crippen molar-refractivity contribution in [3.63, 3.8) is 0 Å². The van der Waals surface area contributed by atoms with Crippen molar-refractivity contribution < 1.29 is 42.0 Å². The number of aryl methyl sites for hydroxylation is 2. The number of hydrogen-bond acceptors (Lipinski definition) is 9. The number of hydrazine groups is 1. The maximum Gasteiger partial charge on any atom is 0.422 e. The molecular formula is C29H33ClF3N5O6. The van der Waals surface area contributed by atoms with Crippen LogP contribution in [0.5, 0.6) is 0 Å². The Morgan fingerprint density at radius 1 is 1.14 bits per heavy atom. The summed E-state index contributed by atoms with van der Waals surface area (Å²) in [6.07, 6.45) is -11.0. The van der Waals surface area contributed by atoms with Crippen LogP contribution in [0.1, 0.15) is 61.5 Å². The summed E-state index contributed by atoms with van der Waals surface area (Å²) in [6, 6.07) is 10.4. The number of alkyl halides is 3. The van der Waals surface area contributed by atoms with Crippen molar-refractivity contribution in [1.82, 2.24) is 25.6 Å². The highest BCUT2D eigenvalue weighted by Crippen LogP contribution is 2.42. The van der Waals surface area contributed by atoms with E-state index < -0.39 is 60.2 Å². The zero-order valence-electron chi connectivity index (χ0n) is 24.6. The molecule has 2 aliphatic rings. The first-order chi connectivity index (χ1) is 20.6. The summed E-state index contributed by atoms with van der Waals surface area (Å²) in [6.45, 7) is 7.86. The third-order valence-electron chi connectivity index (χ3n) is 7.01. The molecule has 0 aliphatic carbocycles. The van der Waals surface area contributed by atoms with Gasteiger partial charge < -0.3 is 24.1 Å². The van der Waals surface area contributed by atoms with Crippen LogP contribution in [-0.2, 0) is 25.1 Å². The normalized spacial score (nSPS) is 25.8. The van der Waals surface area contributed by atoms with Gasteiger partial charge in [-0.1, -0.05) is 41.9 Å². The number of carbonyl (C=O) groups excluding carboxylic acids is 1. The Morgan fingerprint density at radius 2 is 1.84 bits per heavy atom. The highest BCUT2D eigenvalue weighted by atomic mass is 35.5. The summed E-state index contributed by atoms with van der Waals surface area (Å²) in [7, 11) is 0. The Labute approximate surface area is 256 Å². The fraction of sp³-hybridized carbons (Fsp3) is 0.483. The van der Waals surface area contributed by atoms with Crippen molar-refractivity contribution in [3.8, 4) is 5.69 Å². The summed E-state index contributed by atoms with van der Waals surface area (Å²) in [5, 5.41) is 16.0. The standard InChI is InChI=1S/C29H33ClF3N5O6/c1-14-11-17(30)12-18(20(14)29(31,32)33)38-25(34-15(2)37-38)24-22(39)21(35-36-27(40)44-28(3,4)5)23-19(42-24)13-41-26(43-23)16-9-7-6-8-10-16/h6-12,19,21-24,26,35,39H,13H2,1-5H3,(H,36,40)/t19-,21-,22-,23+,24-,26?/m1/s1. The number of benzene rings is 2. The van der Waals surface area contributed by atoms with Gasteiger partial charge in [0.15, 0.2) is 12.1 Å². The molecule has 3 N–H and O–H groups in total. The molecule has 1 unspecified atom stereocenters. The molecule has 44 heavy (non-hydrogen) atoms. The van der Waals surface area contributed by atoms with E-state index in [1.165, 1.54) is 19.9 Å². The highest BCUT2D eigenvalue weighted by molar-refractivity contribution is 6.30. The number of nitrogens with zero attached hydrogens (tertiary/aromatic N) is 3. The van der Waals surface area contributed by atoms with Gasteiger partial charge in [0.05, 0.1) is 23.9 Å². The number of fused-ring (bicyclic) bond motifs is 1. The van der Waals surface area contributed by atoms with E-state index in [0.717, 1.165) is 10.7 Å². The van der Waals surface area contributed by atoms with Gasteiger partial charge in [-0.25, -0.2) is 19.9 Å². The number of halogens is 4. The van der Waals surface area contributed by atoms with Gasteiger partial charge in [-0.2, -0.15) is 18.3 Å². The second kappa shape index (κ2) is 12.3. The Hall–Kier alpha value is -3.27. The monoisotopic (exact) mass is 639 g/mol. The molecule has 2 saturated heterocycles. The minimum absolute atomic E-state index is 0.00470. The molecule has 15 heteroatoms. The van der Waals surface area contributed by atoms with E-state index in [2.05, 4.69) is 20.9 Å². The molecule has 11 nitrogen and oxygen atoms in total. The number of hydrogen-bond donors (Lipinski definition) is 3. The first-order valence-corrected chi connectivity index (χ1v) is 14.2. The van der Waals surface area contributed by atoms with Crippen LogP contribution in [0.25, 0.3) is 5.69 Å². The van der Waals surface area contributed by atoms with Crippen LogP contribution in [0.2, 0.25) is 5.02 Å². The van der Waals surface area contributed by atoms with Crippen LogP contribution in [0.4, 0.5) is 18.0 Å². The predicted molar refractivity (Wildman–Crippen MR) is 151 cm³/mol. The first-order valence-electron chi connectivity index (χ1n) is 13.8. The molecule has 0 spiro atoms. The zero-order chi connectivity index (χ0) is 32.0.